The molecule has 4 N–H and O–H groups in total. The minimum Gasteiger partial charge on any atom is -0.508 e. The van der Waals surface area contributed by atoms with Gasteiger partial charge in [-0.15, -0.1) is 0 Å². The van der Waals surface area contributed by atoms with Gasteiger partial charge in [-0.05, 0) is 18.2 Å². The molecule has 1 aromatic carbocycles. The van der Waals surface area contributed by atoms with E-state index in [4.69, 9.17) is 0 Å². The zero-order chi connectivity index (χ0) is 14.7. The molecular weight excluding hydrogens is 264 g/mol. The van der Waals surface area contributed by atoms with Crippen molar-refractivity contribution in [2.75, 3.05) is 5.32 Å². The number of nitrogens with zero attached hydrogens (tertiary/aromatic N) is 1. The summed E-state index contributed by atoms with van der Waals surface area (Å²) in [5.74, 6) is -1.61. The van der Waals surface area contributed by atoms with Crippen LogP contribution in [0.25, 0.3) is 0 Å². The van der Waals surface area contributed by atoms with Crippen LogP contribution in [0, 0.1) is 0 Å². The van der Waals surface area contributed by atoms with Crippen molar-refractivity contribution in [3.63, 3.8) is 0 Å². The summed E-state index contributed by atoms with van der Waals surface area (Å²) in [5, 5.41) is 32.5. The quantitative estimate of drug-likeness (QED) is 0.540. The molecule has 2 aliphatic heterocycles. The van der Waals surface area contributed by atoms with Crippen LogP contribution in [0.5, 0.6) is 5.75 Å². The van der Waals surface area contributed by atoms with Gasteiger partial charge in [0.05, 0.1) is 0 Å². The van der Waals surface area contributed by atoms with Crippen LogP contribution in [0.3, 0.4) is 0 Å². The normalized spacial score (nSPS) is 30.6. The standard InChI is InChI=1S/C13H14N2O5/c1-6(16)15-10(11(18)19)5-13(20)8-4-7(17)2-3-9(8)14-12(13)15/h2-4,10,12,14,17,20H,5H2,1H3,(H,18,19). The molecule has 2 heterocycles. The van der Waals surface area contributed by atoms with Crippen LogP contribution in [-0.4, -0.2) is 44.3 Å². The molecule has 1 aromatic rings. The molecule has 20 heavy (non-hydrogen) atoms. The number of likely N-dealkylation sites (tertiary alicyclic amines) is 1. The Balaban J connectivity index is 2.11. The summed E-state index contributed by atoms with van der Waals surface area (Å²) in [6.45, 7) is 1.27. The number of aliphatic hydroxyl groups is 1. The molecule has 1 fully saturated rings. The van der Waals surface area contributed by atoms with E-state index in [-0.39, 0.29) is 12.2 Å². The van der Waals surface area contributed by atoms with E-state index in [1.807, 2.05) is 0 Å². The maximum absolute atomic E-state index is 11.7. The molecule has 7 heteroatoms. The molecule has 1 saturated heterocycles. The Morgan fingerprint density at radius 2 is 2.15 bits per heavy atom. The summed E-state index contributed by atoms with van der Waals surface area (Å²) in [4.78, 5) is 24.2. The first-order valence-corrected chi connectivity index (χ1v) is 6.18. The number of hydrogen-bond donors (Lipinski definition) is 4. The fourth-order valence-electron chi connectivity index (χ4n) is 3.13. The van der Waals surface area contributed by atoms with Crippen molar-refractivity contribution in [1.82, 2.24) is 4.90 Å². The molecular formula is C13H14N2O5. The minimum atomic E-state index is -1.51. The third-order valence-electron chi connectivity index (χ3n) is 3.98. The maximum Gasteiger partial charge on any atom is 0.326 e. The number of phenolic OH excluding ortho intramolecular Hbond substituents is 1. The maximum atomic E-state index is 11.7. The Kier molecular flexibility index (Phi) is 2.46. The highest BCUT2D eigenvalue weighted by Crippen LogP contribution is 2.50. The highest BCUT2D eigenvalue weighted by atomic mass is 16.4. The van der Waals surface area contributed by atoms with E-state index in [0.29, 0.717) is 11.3 Å². The molecule has 7 nitrogen and oxygen atoms in total. The molecule has 3 rings (SSSR count). The minimum absolute atomic E-state index is 0.0206. The van der Waals surface area contributed by atoms with Crippen LogP contribution in [0.4, 0.5) is 5.69 Å². The van der Waals surface area contributed by atoms with Crippen LogP contribution in [0.1, 0.15) is 18.9 Å². The average molecular weight is 278 g/mol. The molecule has 0 bridgehead atoms. The molecule has 0 radical (unpaired) electrons. The fraction of sp³-hybridized carbons (Fsp3) is 0.385. The van der Waals surface area contributed by atoms with Gasteiger partial charge in [0.1, 0.15) is 23.6 Å². The van der Waals surface area contributed by atoms with Crippen LogP contribution in [-0.2, 0) is 15.2 Å². The van der Waals surface area contributed by atoms with E-state index >= 15 is 0 Å². The lowest BCUT2D eigenvalue weighted by Gasteiger charge is -2.28. The SMILES string of the molecule is CC(=O)N1C(C(=O)O)CC2(O)c3cc(O)ccc3NC12. The number of phenols is 1. The molecule has 1 amide bonds. The lowest BCUT2D eigenvalue weighted by Crippen LogP contribution is -2.49. The van der Waals surface area contributed by atoms with Crippen molar-refractivity contribution in [3.8, 4) is 5.75 Å². The number of amides is 1. The molecule has 3 atom stereocenters. The predicted molar refractivity (Wildman–Crippen MR) is 68.0 cm³/mol. The van der Waals surface area contributed by atoms with Gasteiger partial charge in [-0.1, -0.05) is 0 Å². The topological polar surface area (TPSA) is 110 Å². The Morgan fingerprint density at radius 3 is 2.75 bits per heavy atom. The van der Waals surface area contributed by atoms with Crippen molar-refractivity contribution >= 4 is 17.6 Å². The zero-order valence-electron chi connectivity index (χ0n) is 10.7. The number of anilines is 1. The van der Waals surface area contributed by atoms with E-state index in [1.165, 1.54) is 19.1 Å². The van der Waals surface area contributed by atoms with Crippen molar-refractivity contribution in [3.05, 3.63) is 23.8 Å². The number of hydrogen-bond acceptors (Lipinski definition) is 5. The highest BCUT2D eigenvalue weighted by molar-refractivity contribution is 5.85. The first kappa shape index (κ1) is 12.7. The smallest absolute Gasteiger partial charge is 0.326 e. The molecule has 2 aliphatic rings. The predicted octanol–water partition coefficient (Wildman–Crippen LogP) is 0.0368. The number of aliphatic carboxylic acids is 1. The van der Waals surface area contributed by atoms with Gasteiger partial charge in [0.15, 0.2) is 0 Å². The van der Waals surface area contributed by atoms with Gasteiger partial charge in [-0.25, -0.2) is 4.79 Å². The third-order valence-corrected chi connectivity index (χ3v) is 3.98. The van der Waals surface area contributed by atoms with Crippen LogP contribution < -0.4 is 5.32 Å². The Labute approximate surface area is 114 Å². The van der Waals surface area contributed by atoms with Gasteiger partial charge < -0.3 is 25.5 Å². The number of benzene rings is 1. The molecule has 0 aliphatic carbocycles. The van der Waals surface area contributed by atoms with E-state index in [9.17, 15) is 24.9 Å². The number of carboxylic acid groups (broad SMARTS) is 1. The number of rotatable bonds is 1. The first-order valence-electron chi connectivity index (χ1n) is 6.18. The average Bonchev–Trinajstić information content (AvgIpc) is 2.79. The van der Waals surface area contributed by atoms with Gasteiger partial charge in [0.2, 0.25) is 5.91 Å². The second-order valence-corrected chi connectivity index (χ2v) is 5.19. The van der Waals surface area contributed by atoms with E-state index in [1.54, 1.807) is 6.07 Å². The molecule has 0 saturated carbocycles. The summed E-state index contributed by atoms with van der Waals surface area (Å²) < 4.78 is 0. The number of fused-ring (bicyclic) bond motifs is 3. The Bertz CT molecular complexity index is 617. The molecule has 106 valence electrons. The number of nitrogens with one attached hydrogen (secondary N) is 1. The summed E-state index contributed by atoms with van der Waals surface area (Å²) in [6, 6.07) is 3.36. The summed E-state index contributed by atoms with van der Waals surface area (Å²) >= 11 is 0. The van der Waals surface area contributed by atoms with E-state index in [2.05, 4.69) is 5.32 Å². The highest BCUT2D eigenvalue weighted by Gasteiger charge is 2.59. The van der Waals surface area contributed by atoms with Crippen molar-refractivity contribution in [1.29, 1.82) is 0 Å². The number of carboxylic acids is 1. The number of carbonyl (C=O) groups excluding carboxylic acids is 1. The molecule has 0 spiro atoms. The van der Waals surface area contributed by atoms with Crippen molar-refractivity contribution < 1.29 is 24.9 Å². The summed E-state index contributed by atoms with van der Waals surface area (Å²) in [5.41, 5.74) is -0.508. The van der Waals surface area contributed by atoms with Gasteiger partial charge in [-0.3, -0.25) is 4.79 Å². The van der Waals surface area contributed by atoms with Crippen molar-refractivity contribution in [2.45, 2.75) is 31.2 Å². The largest absolute Gasteiger partial charge is 0.508 e. The van der Waals surface area contributed by atoms with Crippen LogP contribution in [0.15, 0.2) is 18.2 Å². The summed E-state index contributed by atoms with van der Waals surface area (Å²) in [6.07, 6.45) is -0.950. The second kappa shape index (κ2) is 3.86. The summed E-state index contributed by atoms with van der Waals surface area (Å²) in [7, 11) is 0. The van der Waals surface area contributed by atoms with Crippen LogP contribution >= 0.6 is 0 Å². The van der Waals surface area contributed by atoms with E-state index < -0.39 is 29.7 Å². The Hall–Kier alpha value is -2.28. The molecule has 3 unspecified atom stereocenters. The van der Waals surface area contributed by atoms with Crippen LogP contribution in [0.2, 0.25) is 0 Å². The first-order chi connectivity index (χ1) is 9.34. The lowest BCUT2D eigenvalue weighted by molar-refractivity contribution is -0.148. The zero-order valence-corrected chi connectivity index (χ0v) is 10.7. The van der Waals surface area contributed by atoms with Gasteiger partial charge in [0, 0.05) is 24.6 Å². The Morgan fingerprint density at radius 1 is 1.45 bits per heavy atom. The van der Waals surface area contributed by atoms with Gasteiger partial charge in [-0.2, -0.15) is 0 Å². The number of aromatic hydroxyl groups is 1. The fourth-order valence-corrected chi connectivity index (χ4v) is 3.13. The molecule has 0 aromatic heterocycles. The van der Waals surface area contributed by atoms with Gasteiger partial charge in [0.25, 0.3) is 0 Å². The number of carbonyl (C=O) groups is 2. The van der Waals surface area contributed by atoms with Gasteiger partial charge >= 0.3 is 5.97 Å². The lowest BCUT2D eigenvalue weighted by atomic mass is 9.91. The second-order valence-electron chi connectivity index (χ2n) is 5.19. The van der Waals surface area contributed by atoms with Crippen molar-refractivity contribution in [2.24, 2.45) is 0 Å². The monoisotopic (exact) mass is 278 g/mol. The third kappa shape index (κ3) is 1.50. The van der Waals surface area contributed by atoms with E-state index in [0.717, 1.165) is 4.90 Å².